The third kappa shape index (κ3) is 2.95. The third-order valence-corrected chi connectivity index (χ3v) is 6.11. The maximum atomic E-state index is 12.6. The molecule has 1 saturated heterocycles. The summed E-state index contributed by atoms with van der Waals surface area (Å²) in [6.45, 7) is 1.69. The van der Waals surface area contributed by atoms with Crippen molar-refractivity contribution in [3.05, 3.63) is 46.6 Å². The number of aromatic amines is 1. The van der Waals surface area contributed by atoms with Crippen LogP contribution < -0.4 is 15.2 Å². The zero-order valence-corrected chi connectivity index (χ0v) is 16.1. The number of anilines is 1. The maximum Gasteiger partial charge on any atom is 0.262 e. The smallest absolute Gasteiger partial charge is 0.262 e. The summed E-state index contributed by atoms with van der Waals surface area (Å²) in [6.07, 6.45) is 7.65. The highest BCUT2D eigenvalue weighted by Crippen LogP contribution is 2.32. The monoisotopic (exact) mass is 379 g/mol. The van der Waals surface area contributed by atoms with Gasteiger partial charge in [0.25, 0.3) is 5.56 Å². The standard InChI is InChI=1S/C21H25N5O2/c1-28-17-9-7-15(8-10-17)25-12-14(13-25)19-23-20-18(21(27)24-19)11-22-26(20)16-5-3-2-4-6-16/h7-11,14,16H,2-6,12-13H2,1H3,(H,23,24,27). The van der Waals surface area contributed by atoms with Crippen LogP contribution in [0.3, 0.4) is 0 Å². The lowest BCUT2D eigenvalue weighted by Gasteiger charge is -2.40. The van der Waals surface area contributed by atoms with Gasteiger partial charge in [0.1, 0.15) is 17.0 Å². The normalized spacial score (nSPS) is 18.4. The molecule has 0 radical (unpaired) electrons. The first kappa shape index (κ1) is 17.3. The predicted molar refractivity (Wildman–Crippen MR) is 108 cm³/mol. The third-order valence-electron chi connectivity index (χ3n) is 6.11. The van der Waals surface area contributed by atoms with Crippen molar-refractivity contribution in [3.63, 3.8) is 0 Å². The molecule has 0 spiro atoms. The number of benzene rings is 1. The Morgan fingerprint density at radius 2 is 1.86 bits per heavy atom. The molecule has 7 nitrogen and oxygen atoms in total. The van der Waals surface area contributed by atoms with Gasteiger partial charge in [-0.1, -0.05) is 19.3 Å². The van der Waals surface area contributed by atoms with Crippen molar-refractivity contribution in [2.75, 3.05) is 25.1 Å². The van der Waals surface area contributed by atoms with Crippen molar-refractivity contribution in [1.82, 2.24) is 19.7 Å². The van der Waals surface area contributed by atoms with Gasteiger partial charge in [-0.05, 0) is 37.1 Å². The lowest BCUT2D eigenvalue weighted by atomic mass is 9.95. The van der Waals surface area contributed by atoms with E-state index in [9.17, 15) is 4.79 Å². The van der Waals surface area contributed by atoms with Crippen molar-refractivity contribution >= 4 is 16.7 Å². The molecular formula is C21H25N5O2. The zero-order valence-electron chi connectivity index (χ0n) is 16.1. The van der Waals surface area contributed by atoms with E-state index in [0.29, 0.717) is 11.4 Å². The zero-order chi connectivity index (χ0) is 19.1. The molecule has 1 aliphatic carbocycles. The Labute approximate surface area is 163 Å². The fourth-order valence-electron chi connectivity index (χ4n) is 4.39. The highest BCUT2D eigenvalue weighted by atomic mass is 16.5. The summed E-state index contributed by atoms with van der Waals surface area (Å²) in [5, 5.41) is 5.11. The van der Waals surface area contributed by atoms with Crippen molar-refractivity contribution < 1.29 is 4.74 Å². The molecule has 2 aliphatic rings. The van der Waals surface area contributed by atoms with E-state index in [2.05, 4.69) is 27.1 Å². The molecule has 0 unspecified atom stereocenters. The van der Waals surface area contributed by atoms with E-state index in [-0.39, 0.29) is 11.5 Å². The quantitative estimate of drug-likeness (QED) is 0.753. The van der Waals surface area contributed by atoms with Crippen molar-refractivity contribution in [1.29, 1.82) is 0 Å². The minimum absolute atomic E-state index is 0.0787. The van der Waals surface area contributed by atoms with E-state index < -0.39 is 0 Å². The topological polar surface area (TPSA) is 76.0 Å². The molecule has 2 fully saturated rings. The van der Waals surface area contributed by atoms with Gasteiger partial charge in [0.2, 0.25) is 0 Å². The number of hydrogen-bond donors (Lipinski definition) is 1. The molecule has 2 aromatic heterocycles. The number of nitrogens with one attached hydrogen (secondary N) is 1. The average molecular weight is 379 g/mol. The number of H-pyrrole nitrogens is 1. The van der Waals surface area contributed by atoms with E-state index in [4.69, 9.17) is 9.72 Å². The minimum Gasteiger partial charge on any atom is -0.497 e. The van der Waals surface area contributed by atoms with E-state index in [1.807, 2.05) is 16.8 Å². The van der Waals surface area contributed by atoms with Crippen LogP contribution in [0.15, 0.2) is 35.3 Å². The molecule has 146 valence electrons. The van der Waals surface area contributed by atoms with Crippen LogP contribution in [0.4, 0.5) is 5.69 Å². The van der Waals surface area contributed by atoms with Crippen LogP contribution in [0, 0.1) is 0 Å². The molecule has 3 aromatic rings. The molecule has 1 N–H and O–H groups in total. The second kappa shape index (κ2) is 6.96. The largest absolute Gasteiger partial charge is 0.497 e. The lowest BCUT2D eigenvalue weighted by Crippen LogP contribution is -2.46. The predicted octanol–water partition coefficient (Wildman–Crippen LogP) is 3.24. The maximum absolute atomic E-state index is 12.6. The van der Waals surface area contributed by atoms with E-state index in [0.717, 1.165) is 48.8 Å². The summed E-state index contributed by atoms with van der Waals surface area (Å²) >= 11 is 0. The van der Waals surface area contributed by atoms with Gasteiger partial charge in [-0.2, -0.15) is 5.10 Å². The summed E-state index contributed by atoms with van der Waals surface area (Å²) in [5.74, 6) is 1.86. The van der Waals surface area contributed by atoms with Crippen LogP contribution in [0.2, 0.25) is 0 Å². The van der Waals surface area contributed by atoms with Crippen LogP contribution in [0.5, 0.6) is 5.75 Å². The van der Waals surface area contributed by atoms with Crippen molar-refractivity contribution in [2.24, 2.45) is 0 Å². The number of hydrogen-bond acceptors (Lipinski definition) is 5. The van der Waals surface area contributed by atoms with Gasteiger partial charge in [0.15, 0.2) is 5.65 Å². The number of aromatic nitrogens is 4. The van der Waals surface area contributed by atoms with Gasteiger partial charge < -0.3 is 14.6 Å². The molecule has 1 aliphatic heterocycles. The minimum atomic E-state index is -0.0787. The number of methoxy groups -OCH3 is 1. The molecule has 1 saturated carbocycles. The summed E-state index contributed by atoms with van der Waals surface area (Å²) in [7, 11) is 1.67. The highest BCUT2D eigenvalue weighted by molar-refractivity contribution is 5.73. The molecule has 3 heterocycles. The Morgan fingerprint density at radius 1 is 1.11 bits per heavy atom. The van der Waals surface area contributed by atoms with Crippen molar-refractivity contribution in [2.45, 2.75) is 44.1 Å². The lowest BCUT2D eigenvalue weighted by molar-refractivity contribution is 0.335. The summed E-state index contributed by atoms with van der Waals surface area (Å²) in [4.78, 5) is 22.7. The molecule has 0 bridgehead atoms. The first-order valence-corrected chi connectivity index (χ1v) is 10.1. The first-order valence-electron chi connectivity index (χ1n) is 10.1. The van der Waals surface area contributed by atoms with Crippen LogP contribution in [0.1, 0.15) is 49.9 Å². The Kier molecular flexibility index (Phi) is 4.30. The molecule has 7 heteroatoms. The summed E-state index contributed by atoms with van der Waals surface area (Å²) < 4.78 is 7.22. The van der Waals surface area contributed by atoms with Gasteiger partial charge in [-0.25, -0.2) is 9.67 Å². The molecule has 28 heavy (non-hydrogen) atoms. The van der Waals surface area contributed by atoms with E-state index >= 15 is 0 Å². The Bertz CT molecular complexity index is 1030. The molecular weight excluding hydrogens is 354 g/mol. The van der Waals surface area contributed by atoms with Crippen LogP contribution >= 0.6 is 0 Å². The van der Waals surface area contributed by atoms with E-state index in [1.54, 1.807) is 13.3 Å². The fourth-order valence-corrected chi connectivity index (χ4v) is 4.39. The van der Waals surface area contributed by atoms with Gasteiger partial charge in [-0.3, -0.25) is 4.79 Å². The van der Waals surface area contributed by atoms with Crippen molar-refractivity contribution in [3.8, 4) is 5.75 Å². The number of fused-ring (bicyclic) bond motifs is 1. The molecule has 1 aromatic carbocycles. The highest BCUT2D eigenvalue weighted by Gasteiger charge is 2.31. The fraction of sp³-hybridized carbons (Fsp3) is 0.476. The molecule has 0 amide bonds. The summed E-state index contributed by atoms with van der Waals surface area (Å²) in [6, 6.07) is 8.43. The summed E-state index contributed by atoms with van der Waals surface area (Å²) in [5.41, 5.74) is 1.83. The SMILES string of the molecule is COc1ccc(N2CC(c3nc4c(cnn4C4CCCCC4)c(=O)[nH]3)C2)cc1. The number of ether oxygens (including phenoxy) is 1. The van der Waals surface area contributed by atoms with Crippen LogP contribution in [-0.2, 0) is 0 Å². The Hall–Kier alpha value is -2.83. The van der Waals surface area contributed by atoms with Crippen LogP contribution in [-0.4, -0.2) is 39.9 Å². The number of rotatable bonds is 4. The van der Waals surface area contributed by atoms with Crippen LogP contribution in [0.25, 0.3) is 11.0 Å². The molecule has 0 atom stereocenters. The average Bonchev–Trinajstić information content (AvgIpc) is 3.13. The number of nitrogens with zero attached hydrogens (tertiary/aromatic N) is 4. The van der Waals surface area contributed by atoms with Gasteiger partial charge in [-0.15, -0.1) is 0 Å². The second-order valence-electron chi connectivity index (χ2n) is 7.87. The molecule has 5 rings (SSSR count). The Balaban J connectivity index is 1.38. The van der Waals surface area contributed by atoms with Gasteiger partial charge in [0, 0.05) is 18.8 Å². The second-order valence-corrected chi connectivity index (χ2v) is 7.87. The first-order chi connectivity index (χ1) is 13.7. The van der Waals surface area contributed by atoms with E-state index in [1.165, 1.54) is 19.3 Å². The Morgan fingerprint density at radius 3 is 2.57 bits per heavy atom. The van der Waals surface area contributed by atoms with Gasteiger partial charge >= 0.3 is 0 Å². The van der Waals surface area contributed by atoms with Gasteiger partial charge in [0.05, 0.1) is 25.3 Å².